The summed E-state index contributed by atoms with van der Waals surface area (Å²) in [5, 5.41) is 4.33. The topological polar surface area (TPSA) is 56.3 Å². The Labute approximate surface area is 144 Å². The normalized spacial score (nSPS) is 15.4. The van der Waals surface area contributed by atoms with Crippen molar-refractivity contribution in [1.82, 2.24) is 15.3 Å². The van der Waals surface area contributed by atoms with Crippen molar-refractivity contribution < 1.29 is 9.47 Å². The van der Waals surface area contributed by atoms with E-state index in [1.54, 1.807) is 30.5 Å². The van der Waals surface area contributed by atoms with Crippen molar-refractivity contribution in [3.05, 3.63) is 46.3 Å². The number of halogens is 2. The zero-order valence-corrected chi connectivity index (χ0v) is 14.0. The second-order valence-corrected chi connectivity index (χ2v) is 6.09. The molecule has 1 aliphatic heterocycles. The first-order valence-electron chi connectivity index (χ1n) is 7.48. The Morgan fingerprint density at radius 2 is 2.00 bits per heavy atom. The highest BCUT2D eigenvalue weighted by Gasteiger charge is 2.15. The highest BCUT2D eigenvalue weighted by Crippen LogP contribution is 2.28. The monoisotopic (exact) mass is 353 g/mol. The van der Waals surface area contributed by atoms with E-state index >= 15 is 0 Å². The summed E-state index contributed by atoms with van der Waals surface area (Å²) in [6, 6.07) is 6.84. The Morgan fingerprint density at radius 3 is 2.78 bits per heavy atom. The Morgan fingerprint density at radius 1 is 1.17 bits per heavy atom. The van der Waals surface area contributed by atoms with E-state index < -0.39 is 0 Å². The number of nitrogens with zero attached hydrogens (tertiary/aromatic N) is 2. The van der Waals surface area contributed by atoms with Crippen LogP contribution in [-0.4, -0.2) is 29.2 Å². The van der Waals surface area contributed by atoms with Gasteiger partial charge in [-0.1, -0.05) is 23.2 Å². The molecule has 1 N–H and O–H groups in total. The molecule has 3 rings (SSSR count). The SMILES string of the molecule is Clc1ccc(OCc2nccc(OC3CCNCC3)n2)c(Cl)c1. The first-order valence-corrected chi connectivity index (χ1v) is 8.23. The van der Waals surface area contributed by atoms with E-state index in [1.807, 2.05) is 0 Å². The van der Waals surface area contributed by atoms with Crippen LogP contribution >= 0.6 is 23.2 Å². The minimum absolute atomic E-state index is 0.200. The lowest BCUT2D eigenvalue weighted by Gasteiger charge is -2.23. The molecule has 1 saturated heterocycles. The minimum atomic E-state index is 0.200. The van der Waals surface area contributed by atoms with Gasteiger partial charge in [0.1, 0.15) is 18.5 Å². The molecule has 0 bridgehead atoms. The Hall–Kier alpha value is -1.56. The number of aromatic nitrogens is 2. The third kappa shape index (κ3) is 4.70. The summed E-state index contributed by atoms with van der Waals surface area (Å²) in [5.41, 5.74) is 0. The molecule has 7 heteroatoms. The van der Waals surface area contributed by atoms with Gasteiger partial charge in [-0.25, -0.2) is 4.98 Å². The largest absolute Gasteiger partial charge is 0.484 e. The van der Waals surface area contributed by atoms with Crippen LogP contribution in [0.1, 0.15) is 18.7 Å². The van der Waals surface area contributed by atoms with E-state index in [4.69, 9.17) is 32.7 Å². The molecule has 2 heterocycles. The molecule has 122 valence electrons. The molecule has 0 amide bonds. The van der Waals surface area contributed by atoms with Crippen molar-refractivity contribution in [1.29, 1.82) is 0 Å². The molecular weight excluding hydrogens is 337 g/mol. The van der Waals surface area contributed by atoms with Crippen molar-refractivity contribution in [2.45, 2.75) is 25.6 Å². The summed E-state index contributed by atoms with van der Waals surface area (Å²) < 4.78 is 11.5. The van der Waals surface area contributed by atoms with Gasteiger partial charge in [-0.15, -0.1) is 0 Å². The molecule has 23 heavy (non-hydrogen) atoms. The third-order valence-corrected chi connectivity index (χ3v) is 4.03. The molecular formula is C16H17Cl2N3O2. The maximum absolute atomic E-state index is 6.07. The maximum atomic E-state index is 6.07. The lowest BCUT2D eigenvalue weighted by atomic mass is 10.1. The molecule has 5 nitrogen and oxygen atoms in total. The zero-order valence-electron chi connectivity index (χ0n) is 12.5. The summed E-state index contributed by atoms with van der Waals surface area (Å²) in [5.74, 6) is 1.67. The quantitative estimate of drug-likeness (QED) is 0.891. The van der Waals surface area contributed by atoms with Gasteiger partial charge in [0.15, 0.2) is 5.82 Å². The van der Waals surface area contributed by atoms with Crippen LogP contribution < -0.4 is 14.8 Å². The van der Waals surface area contributed by atoms with Gasteiger partial charge in [0.2, 0.25) is 5.88 Å². The molecule has 0 aliphatic carbocycles. The standard InChI is InChI=1S/C16H17Cl2N3O2/c17-11-1-2-14(13(18)9-11)22-10-15-20-8-5-16(21-15)23-12-3-6-19-7-4-12/h1-2,5,8-9,12,19H,3-4,6-7,10H2. The van der Waals surface area contributed by atoms with E-state index in [0.717, 1.165) is 25.9 Å². The summed E-state index contributed by atoms with van der Waals surface area (Å²) in [7, 11) is 0. The van der Waals surface area contributed by atoms with Gasteiger partial charge in [0.25, 0.3) is 0 Å². The van der Waals surface area contributed by atoms with E-state index in [2.05, 4.69) is 15.3 Å². The van der Waals surface area contributed by atoms with Crippen LogP contribution in [0.15, 0.2) is 30.5 Å². The van der Waals surface area contributed by atoms with Gasteiger partial charge < -0.3 is 14.8 Å². The van der Waals surface area contributed by atoms with Crippen LogP contribution in [-0.2, 0) is 6.61 Å². The number of hydrogen-bond donors (Lipinski definition) is 1. The van der Waals surface area contributed by atoms with Crippen molar-refractivity contribution in [3.8, 4) is 11.6 Å². The molecule has 0 atom stereocenters. The fourth-order valence-corrected chi connectivity index (χ4v) is 2.80. The van der Waals surface area contributed by atoms with E-state index in [0.29, 0.717) is 27.5 Å². The molecule has 0 spiro atoms. The first-order chi connectivity index (χ1) is 11.2. The second-order valence-electron chi connectivity index (χ2n) is 5.24. The summed E-state index contributed by atoms with van der Waals surface area (Å²) in [6.07, 6.45) is 3.84. The molecule has 1 aliphatic rings. The smallest absolute Gasteiger partial charge is 0.216 e. The fourth-order valence-electron chi connectivity index (χ4n) is 2.33. The number of piperidine rings is 1. The van der Waals surface area contributed by atoms with E-state index in [1.165, 1.54) is 0 Å². The minimum Gasteiger partial charge on any atom is -0.484 e. The zero-order chi connectivity index (χ0) is 16.1. The van der Waals surface area contributed by atoms with Gasteiger partial charge in [-0.2, -0.15) is 4.98 Å². The van der Waals surface area contributed by atoms with Crippen molar-refractivity contribution in [2.75, 3.05) is 13.1 Å². The second kappa shape index (κ2) is 7.81. The van der Waals surface area contributed by atoms with Crippen molar-refractivity contribution in [3.63, 3.8) is 0 Å². The molecule has 0 saturated carbocycles. The van der Waals surface area contributed by atoms with Gasteiger partial charge in [0, 0.05) is 17.3 Å². The van der Waals surface area contributed by atoms with Gasteiger partial charge in [-0.05, 0) is 44.1 Å². The molecule has 1 aromatic heterocycles. The van der Waals surface area contributed by atoms with Crippen molar-refractivity contribution in [2.24, 2.45) is 0 Å². The number of ether oxygens (including phenoxy) is 2. The lowest BCUT2D eigenvalue weighted by Crippen LogP contribution is -2.34. The van der Waals surface area contributed by atoms with Crippen LogP contribution in [0, 0.1) is 0 Å². The predicted molar refractivity (Wildman–Crippen MR) is 89.3 cm³/mol. The van der Waals surface area contributed by atoms with Crippen LogP contribution in [0.2, 0.25) is 10.0 Å². The van der Waals surface area contributed by atoms with Crippen LogP contribution in [0.25, 0.3) is 0 Å². The Balaban J connectivity index is 1.60. The maximum Gasteiger partial charge on any atom is 0.216 e. The third-order valence-electron chi connectivity index (χ3n) is 3.50. The number of benzene rings is 1. The highest BCUT2D eigenvalue weighted by atomic mass is 35.5. The first kappa shape index (κ1) is 16.3. The van der Waals surface area contributed by atoms with Gasteiger partial charge in [0.05, 0.1) is 5.02 Å². The van der Waals surface area contributed by atoms with Crippen molar-refractivity contribution >= 4 is 23.2 Å². The summed E-state index contributed by atoms with van der Waals surface area (Å²) in [6.45, 7) is 2.16. The fraction of sp³-hybridized carbons (Fsp3) is 0.375. The lowest BCUT2D eigenvalue weighted by molar-refractivity contribution is 0.154. The number of hydrogen-bond acceptors (Lipinski definition) is 5. The Kier molecular flexibility index (Phi) is 5.54. The van der Waals surface area contributed by atoms with Crippen LogP contribution in [0.4, 0.5) is 0 Å². The van der Waals surface area contributed by atoms with Crippen LogP contribution in [0.3, 0.4) is 0 Å². The summed E-state index contributed by atoms with van der Waals surface area (Å²) in [4.78, 5) is 8.58. The molecule has 1 fully saturated rings. The average molecular weight is 354 g/mol. The number of rotatable bonds is 5. The van der Waals surface area contributed by atoms with E-state index in [-0.39, 0.29) is 12.7 Å². The van der Waals surface area contributed by atoms with Gasteiger partial charge in [-0.3, -0.25) is 0 Å². The Bertz CT molecular complexity index is 664. The van der Waals surface area contributed by atoms with Gasteiger partial charge >= 0.3 is 0 Å². The molecule has 1 aromatic carbocycles. The number of nitrogens with one attached hydrogen (secondary N) is 1. The molecule has 2 aromatic rings. The summed E-state index contributed by atoms with van der Waals surface area (Å²) >= 11 is 11.9. The van der Waals surface area contributed by atoms with E-state index in [9.17, 15) is 0 Å². The molecule has 0 radical (unpaired) electrons. The predicted octanol–water partition coefficient (Wildman–Crippen LogP) is 3.49. The highest BCUT2D eigenvalue weighted by molar-refractivity contribution is 6.35. The molecule has 0 unspecified atom stereocenters. The van der Waals surface area contributed by atoms with Crippen LogP contribution in [0.5, 0.6) is 11.6 Å². The average Bonchev–Trinajstić information content (AvgIpc) is 2.55.